The Bertz CT molecular complexity index is 208. The van der Waals surface area contributed by atoms with Crippen molar-refractivity contribution >= 4 is 6.03 Å². The number of urea groups is 1. The van der Waals surface area contributed by atoms with Crippen molar-refractivity contribution in [3.63, 3.8) is 0 Å². The molecule has 2 N–H and O–H groups in total. The number of nitrogens with zero attached hydrogens (tertiary/aromatic N) is 1. The maximum Gasteiger partial charge on any atom is 0.317 e. The summed E-state index contributed by atoms with van der Waals surface area (Å²) in [5.41, 5.74) is 0. The molecule has 0 aromatic heterocycles. The number of hydrogen-bond donors (Lipinski definition) is 2. The number of rotatable bonds is 3. The monoisotopic (exact) mass is 213 g/mol. The van der Waals surface area contributed by atoms with Gasteiger partial charge in [0.25, 0.3) is 0 Å². The summed E-state index contributed by atoms with van der Waals surface area (Å²) in [6, 6.07) is 0.0373. The van der Waals surface area contributed by atoms with Crippen LogP contribution in [0.2, 0.25) is 0 Å². The topological polar surface area (TPSA) is 44.4 Å². The number of carbonyl (C=O) groups excluding carboxylic acids is 1. The van der Waals surface area contributed by atoms with Crippen molar-refractivity contribution in [3.8, 4) is 0 Å². The van der Waals surface area contributed by atoms with Gasteiger partial charge in [0.15, 0.2) is 0 Å². The van der Waals surface area contributed by atoms with Crippen molar-refractivity contribution in [3.05, 3.63) is 0 Å². The Labute approximate surface area is 92.4 Å². The highest BCUT2D eigenvalue weighted by atomic mass is 16.2. The quantitative estimate of drug-likeness (QED) is 0.731. The predicted molar refractivity (Wildman–Crippen MR) is 61.8 cm³/mol. The second kappa shape index (κ2) is 5.95. The van der Waals surface area contributed by atoms with Crippen LogP contribution >= 0.6 is 0 Å². The van der Waals surface area contributed by atoms with Gasteiger partial charge in [0.05, 0.1) is 0 Å². The molecular weight excluding hydrogens is 190 g/mol. The summed E-state index contributed by atoms with van der Waals surface area (Å²) in [5.74, 6) is 1.28. The summed E-state index contributed by atoms with van der Waals surface area (Å²) in [6.45, 7) is 7.92. The fourth-order valence-corrected chi connectivity index (χ4v) is 1.82. The molecule has 0 bridgehead atoms. The van der Waals surface area contributed by atoms with Crippen LogP contribution in [-0.4, -0.2) is 44.2 Å². The van der Waals surface area contributed by atoms with Crippen molar-refractivity contribution in [1.29, 1.82) is 0 Å². The van der Waals surface area contributed by atoms with Crippen LogP contribution in [0.4, 0.5) is 4.79 Å². The van der Waals surface area contributed by atoms with Crippen LogP contribution in [0.5, 0.6) is 0 Å². The van der Waals surface area contributed by atoms with Crippen molar-refractivity contribution in [2.45, 2.75) is 20.3 Å². The van der Waals surface area contributed by atoms with Crippen LogP contribution in [0.1, 0.15) is 20.3 Å². The van der Waals surface area contributed by atoms with E-state index < -0.39 is 0 Å². The van der Waals surface area contributed by atoms with E-state index in [-0.39, 0.29) is 6.03 Å². The summed E-state index contributed by atoms with van der Waals surface area (Å²) in [6.07, 6.45) is 1.21. The fraction of sp³-hybridized carbons (Fsp3) is 0.909. The third-order valence-corrected chi connectivity index (χ3v) is 3.32. The highest BCUT2D eigenvalue weighted by Crippen LogP contribution is 2.17. The van der Waals surface area contributed by atoms with Gasteiger partial charge >= 0.3 is 6.03 Å². The maximum atomic E-state index is 11.5. The van der Waals surface area contributed by atoms with E-state index in [2.05, 4.69) is 17.6 Å². The normalized spacial score (nSPS) is 26.1. The average molecular weight is 213 g/mol. The van der Waals surface area contributed by atoms with Crippen LogP contribution in [-0.2, 0) is 0 Å². The zero-order valence-corrected chi connectivity index (χ0v) is 10.0. The lowest BCUT2D eigenvalue weighted by molar-refractivity contribution is 0.202. The van der Waals surface area contributed by atoms with Crippen LogP contribution in [0.3, 0.4) is 0 Å². The first-order valence-corrected chi connectivity index (χ1v) is 5.84. The van der Waals surface area contributed by atoms with Crippen molar-refractivity contribution in [2.24, 2.45) is 11.8 Å². The molecule has 0 saturated carbocycles. The number of hydrogen-bond acceptors (Lipinski definition) is 2. The third kappa shape index (κ3) is 3.70. The lowest BCUT2D eigenvalue weighted by atomic mass is 9.88. The summed E-state index contributed by atoms with van der Waals surface area (Å²) in [5, 5.41) is 6.35. The van der Waals surface area contributed by atoms with Crippen molar-refractivity contribution < 1.29 is 4.79 Å². The molecule has 88 valence electrons. The lowest BCUT2D eigenvalue weighted by Crippen LogP contribution is -2.45. The zero-order chi connectivity index (χ0) is 11.3. The molecule has 2 amide bonds. The number of amides is 2. The molecule has 0 aromatic rings. The van der Waals surface area contributed by atoms with Crippen LogP contribution in [0.25, 0.3) is 0 Å². The summed E-state index contributed by atoms with van der Waals surface area (Å²) in [7, 11) is 1.82. The van der Waals surface area contributed by atoms with Crippen LogP contribution < -0.4 is 10.6 Å². The Morgan fingerprint density at radius 3 is 2.93 bits per heavy atom. The van der Waals surface area contributed by atoms with Gasteiger partial charge in [-0.2, -0.15) is 0 Å². The van der Waals surface area contributed by atoms with Gasteiger partial charge in [-0.25, -0.2) is 4.79 Å². The first-order valence-electron chi connectivity index (χ1n) is 5.84. The molecule has 15 heavy (non-hydrogen) atoms. The smallest absolute Gasteiger partial charge is 0.317 e. The first kappa shape index (κ1) is 12.3. The molecular formula is C11H23N3O. The Morgan fingerprint density at radius 1 is 1.60 bits per heavy atom. The van der Waals surface area contributed by atoms with E-state index in [0.29, 0.717) is 11.8 Å². The fourth-order valence-electron chi connectivity index (χ4n) is 1.82. The van der Waals surface area contributed by atoms with E-state index >= 15 is 0 Å². The molecule has 0 radical (unpaired) electrons. The minimum atomic E-state index is 0.0373. The van der Waals surface area contributed by atoms with Gasteiger partial charge in [-0.3, -0.25) is 0 Å². The standard InChI is InChI=1S/C11H23N3O/c1-4-14(3)11(15)13-8-10-7-12-6-5-9(10)2/h9-10,12H,4-8H2,1-3H3,(H,13,15). The van der Waals surface area contributed by atoms with E-state index in [1.165, 1.54) is 6.42 Å². The molecule has 1 heterocycles. The van der Waals surface area contributed by atoms with E-state index in [1.54, 1.807) is 4.90 Å². The van der Waals surface area contributed by atoms with Crippen molar-refractivity contribution in [2.75, 3.05) is 33.2 Å². The zero-order valence-electron chi connectivity index (χ0n) is 10.0. The van der Waals surface area contributed by atoms with Gasteiger partial charge in [0, 0.05) is 20.1 Å². The second-order valence-electron chi connectivity index (χ2n) is 4.43. The molecule has 4 heteroatoms. The van der Waals surface area contributed by atoms with Gasteiger partial charge in [-0.05, 0) is 38.3 Å². The predicted octanol–water partition coefficient (Wildman–Crippen LogP) is 0.893. The number of piperidine rings is 1. The molecule has 0 aliphatic carbocycles. The SMILES string of the molecule is CCN(C)C(=O)NCC1CNCCC1C. The molecule has 1 aliphatic heterocycles. The number of nitrogens with one attached hydrogen (secondary N) is 2. The lowest BCUT2D eigenvalue weighted by Gasteiger charge is -2.30. The Hall–Kier alpha value is -0.770. The van der Waals surface area contributed by atoms with Gasteiger partial charge in [0.1, 0.15) is 0 Å². The highest BCUT2D eigenvalue weighted by molar-refractivity contribution is 5.73. The summed E-state index contributed by atoms with van der Waals surface area (Å²) >= 11 is 0. The average Bonchev–Trinajstić information content (AvgIpc) is 2.26. The van der Waals surface area contributed by atoms with Crippen LogP contribution in [0, 0.1) is 11.8 Å². The van der Waals surface area contributed by atoms with E-state index in [4.69, 9.17) is 0 Å². The number of carbonyl (C=O) groups is 1. The molecule has 4 nitrogen and oxygen atoms in total. The molecule has 2 unspecified atom stereocenters. The Balaban J connectivity index is 2.26. The second-order valence-corrected chi connectivity index (χ2v) is 4.43. The van der Waals surface area contributed by atoms with Gasteiger partial charge in [0.2, 0.25) is 0 Å². The van der Waals surface area contributed by atoms with Gasteiger partial charge in [-0.1, -0.05) is 6.92 Å². The maximum absolute atomic E-state index is 11.5. The van der Waals surface area contributed by atoms with Crippen LogP contribution in [0.15, 0.2) is 0 Å². The molecule has 1 fully saturated rings. The van der Waals surface area contributed by atoms with E-state index in [0.717, 1.165) is 26.2 Å². The minimum Gasteiger partial charge on any atom is -0.338 e. The Kier molecular flexibility index (Phi) is 4.88. The molecule has 1 saturated heterocycles. The molecule has 0 spiro atoms. The largest absolute Gasteiger partial charge is 0.338 e. The van der Waals surface area contributed by atoms with E-state index in [1.807, 2.05) is 14.0 Å². The third-order valence-electron chi connectivity index (χ3n) is 3.32. The molecule has 0 aromatic carbocycles. The van der Waals surface area contributed by atoms with E-state index in [9.17, 15) is 4.79 Å². The molecule has 2 atom stereocenters. The first-order chi connectivity index (χ1) is 7.15. The summed E-state index contributed by atoms with van der Waals surface area (Å²) in [4.78, 5) is 13.2. The molecule has 1 aliphatic rings. The van der Waals surface area contributed by atoms with Crippen molar-refractivity contribution in [1.82, 2.24) is 15.5 Å². The molecule has 1 rings (SSSR count). The summed E-state index contributed by atoms with van der Waals surface area (Å²) < 4.78 is 0. The highest BCUT2D eigenvalue weighted by Gasteiger charge is 2.21. The minimum absolute atomic E-state index is 0.0373. The Morgan fingerprint density at radius 2 is 2.33 bits per heavy atom. The van der Waals surface area contributed by atoms with Gasteiger partial charge < -0.3 is 15.5 Å². The van der Waals surface area contributed by atoms with Gasteiger partial charge in [-0.15, -0.1) is 0 Å².